The summed E-state index contributed by atoms with van der Waals surface area (Å²) in [5.74, 6) is 0. The summed E-state index contributed by atoms with van der Waals surface area (Å²) in [6, 6.07) is 0.712. The van der Waals surface area contributed by atoms with Gasteiger partial charge in [0.05, 0.1) is 0 Å². The summed E-state index contributed by atoms with van der Waals surface area (Å²) < 4.78 is 5.16. The molecule has 2 saturated heterocycles. The van der Waals surface area contributed by atoms with E-state index >= 15 is 0 Å². The Bertz CT molecular complexity index is 109. The molecule has 2 N–H and O–H groups in total. The Balaban J connectivity index is 0.000000146. The van der Waals surface area contributed by atoms with Crippen molar-refractivity contribution < 1.29 is 4.74 Å². The van der Waals surface area contributed by atoms with Crippen LogP contribution >= 0.6 is 0 Å². The van der Waals surface area contributed by atoms with E-state index in [4.69, 9.17) is 4.74 Å². The quantitative estimate of drug-likeness (QED) is 0.666. The zero-order valence-electron chi connectivity index (χ0n) is 9.35. The summed E-state index contributed by atoms with van der Waals surface area (Å²) in [7, 11) is 2.01. The second kappa shape index (κ2) is 8.21. The molecule has 0 spiro atoms. The van der Waals surface area contributed by atoms with Crippen molar-refractivity contribution in [3.63, 3.8) is 0 Å². The Morgan fingerprint density at radius 2 is 1.71 bits per heavy atom. The second-order valence-corrected chi connectivity index (χ2v) is 3.99. The van der Waals surface area contributed by atoms with E-state index in [2.05, 4.69) is 10.6 Å². The molecule has 0 atom stereocenters. The van der Waals surface area contributed by atoms with Gasteiger partial charge in [0.15, 0.2) is 0 Å². The van der Waals surface area contributed by atoms with Gasteiger partial charge in [0, 0.05) is 19.3 Å². The van der Waals surface area contributed by atoms with Crippen molar-refractivity contribution in [1.82, 2.24) is 10.6 Å². The van der Waals surface area contributed by atoms with Crippen LogP contribution in [0.2, 0.25) is 0 Å². The molecule has 0 unspecified atom stereocenters. The lowest BCUT2D eigenvalue weighted by Crippen LogP contribution is -2.31. The number of ether oxygens (including phenoxy) is 1. The Morgan fingerprint density at radius 1 is 1.07 bits per heavy atom. The topological polar surface area (TPSA) is 33.3 Å². The lowest BCUT2D eigenvalue weighted by atomic mass is 10.1. The molecule has 3 heteroatoms. The Labute approximate surface area is 87.6 Å². The average molecular weight is 200 g/mol. The molecule has 2 heterocycles. The maximum absolute atomic E-state index is 5.16. The number of hydrogen-bond acceptors (Lipinski definition) is 3. The molecule has 2 aliphatic heterocycles. The van der Waals surface area contributed by atoms with E-state index in [0.29, 0.717) is 6.04 Å². The highest BCUT2D eigenvalue weighted by Gasteiger charge is 2.09. The van der Waals surface area contributed by atoms with E-state index in [1.54, 1.807) is 0 Å². The highest BCUT2D eigenvalue weighted by molar-refractivity contribution is 4.66. The molecule has 0 aromatic heterocycles. The zero-order chi connectivity index (χ0) is 10.1. The zero-order valence-corrected chi connectivity index (χ0v) is 9.35. The van der Waals surface area contributed by atoms with Gasteiger partial charge in [-0.15, -0.1) is 0 Å². The Hall–Kier alpha value is -0.120. The van der Waals surface area contributed by atoms with Crippen LogP contribution in [-0.4, -0.2) is 39.4 Å². The molecule has 84 valence electrons. The lowest BCUT2D eigenvalue weighted by molar-refractivity contribution is 0.0799. The van der Waals surface area contributed by atoms with Crippen molar-refractivity contribution in [2.75, 3.05) is 33.4 Å². The third-order valence-corrected chi connectivity index (χ3v) is 2.84. The van der Waals surface area contributed by atoms with Gasteiger partial charge < -0.3 is 15.4 Å². The van der Waals surface area contributed by atoms with Gasteiger partial charge in [0.25, 0.3) is 0 Å². The minimum Gasteiger partial charge on any atom is -0.381 e. The van der Waals surface area contributed by atoms with E-state index < -0.39 is 0 Å². The highest BCUT2D eigenvalue weighted by atomic mass is 16.5. The number of rotatable bonds is 1. The summed E-state index contributed by atoms with van der Waals surface area (Å²) in [6.45, 7) is 4.37. The molecule has 2 rings (SSSR count). The van der Waals surface area contributed by atoms with Crippen LogP contribution in [0.4, 0.5) is 0 Å². The predicted molar refractivity (Wildman–Crippen MR) is 59.6 cm³/mol. The molecular formula is C11H24N2O. The molecule has 0 saturated carbocycles. The average Bonchev–Trinajstić information content (AvgIpc) is 2.33. The standard InChI is InChI=1S/C6H13NO.C5H11N/c1-7-6-2-4-8-5-3-6;1-2-4-6-5-3-1/h6-7H,2-5H2,1H3;6H,1-5H2. The fourth-order valence-electron chi connectivity index (χ4n) is 1.79. The number of piperidine rings is 1. The summed E-state index contributed by atoms with van der Waals surface area (Å²) in [6.07, 6.45) is 6.57. The van der Waals surface area contributed by atoms with Crippen LogP contribution in [0.5, 0.6) is 0 Å². The molecule has 2 fully saturated rings. The van der Waals surface area contributed by atoms with E-state index in [9.17, 15) is 0 Å². The van der Waals surface area contributed by atoms with E-state index in [1.807, 2.05) is 7.05 Å². The first-order chi connectivity index (χ1) is 6.93. The lowest BCUT2D eigenvalue weighted by Gasteiger charge is -2.20. The molecule has 3 nitrogen and oxygen atoms in total. The Kier molecular flexibility index (Phi) is 7.01. The molecule has 0 aromatic carbocycles. The summed E-state index contributed by atoms with van der Waals surface area (Å²) in [5, 5.41) is 6.51. The first kappa shape index (κ1) is 12.0. The van der Waals surface area contributed by atoms with Crippen LogP contribution in [0.1, 0.15) is 32.1 Å². The van der Waals surface area contributed by atoms with Gasteiger partial charge in [-0.2, -0.15) is 0 Å². The summed E-state index contributed by atoms with van der Waals surface area (Å²) in [4.78, 5) is 0. The van der Waals surface area contributed by atoms with Crippen molar-refractivity contribution in [3.8, 4) is 0 Å². The van der Waals surface area contributed by atoms with Crippen LogP contribution in [0.25, 0.3) is 0 Å². The highest BCUT2D eigenvalue weighted by Crippen LogP contribution is 2.04. The van der Waals surface area contributed by atoms with Crippen LogP contribution < -0.4 is 10.6 Å². The normalized spacial score (nSPS) is 23.8. The first-order valence-corrected chi connectivity index (χ1v) is 5.89. The van der Waals surface area contributed by atoms with Crippen LogP contribution in [0.3, 0.4) is 0 Å². The maximum atomic E-state index is 5.16. The molecule has 0 amide bonds. The van der Waals surface area contributed by atoms with E-state index in [1.165, 1.54) is 45.2 Å². The molecule has 2 aliphatic rings. The van der Waals surface area contributed by atoms with Crippen LogP contribution in [-0.2, 0) is 4.74 Å². The molecular weight excluding hydrogens is 176 g/mol. The largest absolute Gasteiger partial charge is 0.381 e. The van der Waals surface area contributed by atoms with E-state index in [-0.39, 0.29) is 0 Å². The van der Waals surface area contributed by atoms with Crippen molar-refractivity contribution >= 4 is 0 Å². The van der Waals surface area contributed by atoms with Gasteiger partial charge in [0.1, 0.15) is 0 Å². The third-order valence-electron chi connectivity index (χ3n) is 2.84. The van der Waals surface area contributed by atoms with Crippen molar-refractivity contribution in [2.45, 2.75) is 38.1 Å². The minimum atomic E-state index is 0.712. The van der Waals surface area contributed by atoms with Crippen molar-refractivity contribution in [1.29, 1.82) is 0 Å². The van der Waals surface area contributed by atoms with Gasteiger partial charge in [-0.3, -0.25) is 0 Å². The van der Waals surface area contributed by atoms with Crippen LogP contribution in [0.15, 0.2) is 0 Å². The van der Waals surface area contributed by atoms with Gasteiger partial charge in [-0.25, -0.2) is 0 Å². The first-order valence-electron chi connectivity index (χ1n) is 5.89. The van der Waals surface area contributed by atoms with Crippen molar-refractivity contribution in [2.24, 2.45) is 0 Å². The van der Waals surface area contributed by atoms with Gasteiger partial charge >= 0.3 is 0 Å². The monoisotopic (exact) mass is 200 g/mol. The smallest absolute Gasteiger partial charge is 0.0480 e. The van der Waals surface area contributed by atoms with Crippen LogP contribution in [0, 0.1) is 0 Å². The summed E-state index contributed by atoms with van der Waals surface area (Å²) in [5.41, 5.74) is 0. The maximum Gasteiger partial charge on any atom is 0.0480 e. The molecule has 0 radical (unpaired) electrons. The van der Waals surface area contributed by atoms with Gasteiger partial charge in [-0.05, 0) is 45.8 Å². The molecule has 0 aliphatic carbocycles. The fraction of sp³-hybridized carbons (Fsp3) is 1.00. The number of nitrogens with one attached hydrogen (secondary N) is 2. The van der Waals surface area contributed by atoms with E-state index in [0.717, 1.165) is 13.2 Å². The molecule has 0 aromatic rings. The van der Waals surface area contributed by atoms with Gasteiger partial charge in [-0.1, -0.05) is 6.42 Å². The fourth-order valence-corrected chi connectivity index (χ4v) is 1.79. The number of hydrogen-bond donors (Lipinski definition) is 2. The molecule has 0 bridgehead atoms. The third kappa shape index (κ3) is 5.58. The van der Waals surface area contributed by atoms with Gasteiger partial charge in [0.2, 0.25) is 0 Å². The predicted octanol–water partition coefficient (Wildman–Crippen LogP) is 1.14. The second-order valence-electron chi connectivity index (χ2n) is 3.99. The Morgan fingerprint density at radius 3 is 2.00 bits per heavy atom. The SMILES string of the molecule is C1CCNCC1.CNC1CCOCC1. The minimum absolute atomic E-state index is 0.712. The summed E-state index contributed by atoms with van der Waals surface area (Å²) >= 11 is 0. The molecule has 14 heavy (non-hydrogen) atoms. The van der Waals surface area contributed by atoms with Crippen molar-refractivity contribution in [3.05, 3.63) is 0 Å².